The van der Waals surface area contributed by atoms with Crippen LogP contribution in [0.2, 0.25) is 0 Å². The minimum Gasteiger partial charge on any atom is -0.493 e. The van der Waals surface area contributed by atoms with Gasteiger partial charge in [0.25, 0.3) is 0 Å². The lowest BCUT2D eigenvalue weighted by atomic mass is 10.1. The standard InChI is InChI=1S/C15H21NO4/c1-4-7-19-14-8-12(5-6-13(14)10(2)16)20-15(9-17)11(3)18/h5-6,8,15-17H,4,7,9H2,1-3H3. The van der Waals surface area contributed by atoms with E-state index in [9.17, 15) is 4.79 Å². The molecule has 1 atom stereocenters. The topological polar surface area (TPSA) is 79.6 Å². The molecule has 5 heteroatoms. The molecule has 1 unspecified atom stereocenters. The largest absolute Gasteiger partial charge is 0.493 e. The molecule has 0 spiro atoms. The number of ketones is 1. The van der Waals surface area contributed by atoms with Gasteiger partial charge in [-0.3, -0.25) is 4.79 Å². The quantitative estimate of drug-likeness (QED) is 0.715. The van der Waals surface area contributed by atoms with Crippen molar-refractivity contribution in [3.63, 3.8) is 0 Å². The van der Waals surface area contributed by atoms with E-state index in [1.807, 2.05) is 6.92 Å². The number of carbonyl (C=O) groups excluding carboxylic acids is 1. The Morgan fingerprint density at radius 1 is 1.40 bits per heavy atom. The molecule has 5 nitrogen and oxygen atoms in total. The van der Waals surface area contributed by atoms with E-state index in [1.165, 1.54) is 6.92 Å². The van der Waals surface area contributed by atoms with Crippen LogP contribution in [0.25, 0.3) is 0 Å². The van der Waals surface area contributed by atoms with Gasteiger partial charge in [0.15, 0.2) is 11.9 Å². The van der Waals surface area contributed by atoms with Crippen molar-refractivity contribution in [2.75, 3.05) is 13.2 Å². The zero-order valence-electron chi connectivity index (χ0n) is 12.1. The minimum atomic E-state index is -0.874. The Hall–Kier alpha value is -1.88. The molecule has 0 heterocycles. The van der Waals surface area contributed by atoms with Crippen molar-refractivity contribution in [1.29, 1.82) is 5.41 Å². The smallest absolute Gasteiger partial charge is 0.179 e. The first-order valence-electron chi connectivity index (χ1n) is 6.60. The first kappa shape index (κ1) is 16.2. The van der Waals surface area contributed by atoms with Crippen LogP contribution in [0.5, 0.6) is 11.5 Å². The molecule has 0 saturated carbocycles. The van der Waals surface area contributed by atoms with E-state index in [-0.39, 0.29) is 12.4 Å². The SMILES string of the molecule is CCCOc1cc(OC(CO)C(C)=O)ccc1C(C)=N. The summed E-state index contributed by atoms with van der Waals surface area (Å²) in [7, 11) is 0. The predicted octanol–water partition coefficient (Wildman–Crippen LogP) is 2.19. The van der Waals surface area contributed by atoms with Gasteiger partial charge < -0.3 is 20.0 Å². The number of nitrogens with one attached hydrogen (secondary N) is 1. The number of aliphatic hydroxyl groups is 1. The first-order valence-corrected chi connectivity index (χ1v) is 6.60. The molecule has 2 N–H and O–H groups in total. The van der Waals surface area contributed by atoms with Crippen LogP contribution in [0.1, 0.15) is 32.8 Å². The van der Waals surface area contributed by atoms with E-state index < -0.39 is 6.10 Å². The number of hydrogen-bond donors (Lipinski definition) is 2. The Bertz CT molecular complexity index is 485. The second-order valence-electron chi connectivity index (χ2n) is 4.53. The monoisotopic (exact) mass is 279 g/mol. The van der Waals surface area contributed by atoms with Crippen molar-refractivity contribution < 1.29 is 19.4 Å². The molecule has 0 amide bonds. The van der Waals surface area contributed by atoms with E-state index in [0.29, 0.717) is 29.4 Å². The van der Waals surface area contributed by atoms with E-state index >= 15 is 0 Å². The molecule has 0 fully saturated rings. The molecule has 20 heavy (non-hydrogen) atoms. The van der Waals surface area contributed by atoms with Crippen LogP contribution >= 0.6 is 0 Å². The maximum atomic E-state index is 11.3. The maximum Gasteiger partial charge on any atom is 0.179 e. The summed E-state index contributed by atoms with van der Waals surface area (Å²) < 4.78 is 11.0. The molecule has 0 bridgehead atoms. The number of carbonyl (C=O) groups is 1. The lowest BCUT2D eigenvalue weighted by Gasteiger charge is -2.16. The van der Waals surface area contributed by atoms with E-state index in [1.54, 1.807) is 25.1 Å². The number of Topliss-reactive ketones (excluding diaryl/α,β-unsaturated/α-hetero) is 1. The van der Waals surface area contributed by atoms with Gasteiger partial charge >= 0.3 is 0 Å². The fraction of sp³-hybridized carbons (Fsp3) is 0.467. The molecule has 0 saturated heterocycles. The highest BCUT2D eigenvalue weighted by Crippen LogP contribution is 2.26. The molecule has 0 aliphatic carbocycles. The highest BCUT2D eigenvalue weighted by Gasteiger charge is 2.16. The third-order valence-corrected chi connectivity index (χ3v) is 2.72. The van der Waals surface area contributed by atoms with E-state index in [2.05, 4.69) is 0 Å². The molecule has 0 aliphatic rings. The van der Waals surface area contributed by atoms with Gasteiger partial charge in [-0.05, 0) is 32.4 Å². The lowest BCUT2D eigenvalue weighted by Crippen LogP contribution is -2.28. The summed E-state index contributed by atoms with van der Waals surface area (Å²) in [6.45, 7) is 5.22. The summed E-state index contributed by atoms with van der Waals surface area (Å²) in [6, 6.07) is 5.03. The zero-order chi connectivity index (χ0) is 15.1. The molecule has 0 radical (unpaired) electrons. The van der Waals surface area contributed by atoms with Crippen molar-refractivity contribution in [3.8, 4) is 11.5 Å². The molecule has 0 aromatic heterocycles. The van der Waals surface area contributed by atoms with E-state index in [0.717, 1.165) is 6.42 Å². The minimum absolute atomic E-state index is 0.240. The Kier molecular flexibility index (Phi) is 6.18. The van der Waals surface area contributed by atoms with Gasteiger partial charge in [0.1, 0.15) is 11.5 Å². The third kappa shape index (κ3) is 4.35. The van der Waals surface area contributed by atoms with Crippen molar-refractivity contribution in [2.45, 2.75) is 33.3 Å². The number of ether oxygens (including phenoxy) is 2. The Morgan fingerprint density at radius 3 is 2.60 bits per heavy atom. The zero-order valence-corrected chi connectivity index (χ0v) is 12.1. The molecular weight excluding hydrogens is 258 g/mol. The van der Waals surface area contributed by atoms with Gasteiger partial charge in [-0.2, -0.15) is 0 Å². The summed E-state index contributed by atoms with van der Waals surface area (Å²) in [4.78, 5) is 11.3. The van der Waals surface area contributed by atoms with Crippen LogP contribution in [0.15, 0.2) is 18.2 Å². The molecule has 1 aromatic rings. The van der Waals surface area contributed by atoms with Gasteiger partial charge in [-0.15, -0.1) is 0 Å². The molecular formula is C15H21NO4. The van der Waals surface area contributed by atoms with Crippen molar-refractivity contribution in [1.82, 2.24) is 0 Å². The summed E-state index contributed by atoms with van der Waals surface area (Å²) in [6.07, 6.45) is -0.0187. The molecule has 110 valence electrons. The average Bonchev–Trinajstić information content (AvgIpc) is 2.41. The average molecular weight is 279 g/mol. The van der Waals surface area contributed by atoms with Gasteiger partial charge in [0.2, 0.25) is 0 Å². The Balaban J connectivity index is 2.99. The number of rotatable bonds is 8. The van der Waals surface area contributed by atoms with Gasteiger partial charge in [-0.25, -0.2) is 0 Å². The lowest BCUT2D eigenvalue weighted by molar-refractivity contribution is -0.125. The normalized spacial score (nSPS) is 11.8. The van der Waals surface area contributed by atoms with Crippen LogP contribution < -0.4 is 9.47 Å². The second kappa shape index (κ2) is 7.65. The Labute approximate surface area is 119 Å². The number of hydrogen-bond acceptors (Lipinski definition) is 5. The van der Waals surface area contributed by atoms with Crippen LogP contribution in [-0.4, -0.2) is 35.9 Å². The summed E-state index contributed by atoms with van der Waals surface area (Å²) in [5, 5.41) is 16.8. The van der Waals surface area contributed by atoms with Crippen molar-refractivity contribution in [3.05, 3.63) is 23.8 Å². The fourth-order valence-electron chi connectivity index (χ4n) is 1.63. The predicted molar refractivity (Wildman–Crippen MR) is 76.9 cm³/mol. The number of benzene rings is 1. The summed E-state index contributed by atoms with van der Waals surface area (Å²) >= 11 is 0. The van der Waals surface area contributed by atoms with Crippen molar-refractivity contribution in [2.24, 2.45) is 0 Å². The summed E-state index contributed by atoms with van der Waals surface area (Å²) in [5.74, 6) is 0.753. The van der Waals surface area contributed by atoms with Crippen molar-refractivity contribution >= 4 is 11.5 Å². The van der Waals surface area contributed by atoms with Crippen LogP contribution in [0.4, 0.5) is 0 Å². The third-order valence-electron chi connectivity index (χ3n) is 2.72. The summed E-state index contributed by atoms with van der Waals surface area (Å²) in [5.41, 5.74) is 1.09. The highest BCUT2D eigenvalue weighted by molar-refractivity contribution is 5.99. The Morgan fingerprint density at radius 2 is 2.10 bits per heavy atom. The van der Waals surface area contributed by atoms with E-state index in [4.69, 9.17) is 20.0 Å². The highest BCUT2D eigenvalue weighted by atomic mass is 16.5. The van der Waals surface area contributed by atoms with Gasteiger partial charge in [0, 0.05) is 17.3 Å². The molecule has 1 rings (SSSR count). The maximum absolute atomic E-state index is 11.3. The second-order valence-corrected chi connectivity index (χ2v) is 4.53. The van der Waals surface area contributed by atoms with Gasteiger partial charge in [-0.1, -0.05) is 6.92 Å². The fourth-order valence-corrected chi connectivity index (χ4v) is 1.63. The van der Waals surface area contributed by atoms with Crippen LogP contribution in [0.3, 0.4) is 0 Å². The molecule has 1 aromatic carbocycles. The molecule has 0 aliphatic heterocycles. The van der Waals surface area contributed by atoms with Crippen LogP contribution in [-0.2, 0) is 4.79 Å². The number of aliphatic hydroxyl groups excluding tert-OH is 1. The first-order chi connectivity index (χ1) is 9.49. The van der Waals surface area contributed by atoms with Crippen LogP contribution in [0, 0.1) is 5.41 Å². The van der Waals surface area contributed by atoms with Gasteiger partial charge in [0.05, 0.1) is 13.2 Å².